The summed E-state index contributed by atoms with van der Waals surface area (Å²) in [7, 11) is -4.59. The normalized spacial score (nSPS) is 13.6. The molecule has 2 atom stereocenters. The fraction of sp³-hybridized carbons (Fsp3) is 0.333. The van der Waals surface area contributed by atoms with E-state index in [4.69, 9.17) is 0 Å². The van der Waals surface area contributed by atoms with Gasteiger partial charge in [-0.3, -0.25) is 0 Å². The van der Waals surface area contributed by atoms with Crippen molar-refractivity contribution >= 4 is 54.1 Å². The van der Waals surface area contributed by atoms with Crippen molar-refractivity contribution in [3.05, 3.63) is 64.8 Å². The summed E-state index contributed by atoms with van der Waals surface area (Å²) < 4.78 is 30.0. The minimum atomic E-state index is -3.74. The topological polar surface area (TPSA) is 117 Å². The molecule has 3 aromatic rings. The molecule has 35 heavy (non-hydrogen) atoms. The molecule has 0 aliphatic carbocycles. The molecule has 0 fully saturated rings. The summed E-state index contributed by atoms with van der Waals surface area (Å²) in [5, 5.41) is 16.5. The standard InChI is InChI=1S/C23H28BrN5O3S2.CH4/c1-15-6-12-19(13-7-15)34(31,32)29-33(5)18-10-8-17(9-11-18)27-22-25-14-20(24)21(28-22)26-16(2)23(3,4)30;/h6-14,16,30H,1-5H3,(H2,25,26,27,28);1H4/t16-,33?;/m1./s1. The molecule has 3 N–H and O–H groups in total. The van der Waals surface area contributed by atoms with Crippen molar-refractivity contribution in [1.82, 2.24) is 9.97 Å². The largest absolute Gasteiger partial charge is 0.388 e. The quantitative estimate of drug-likeness (QED) is 0.313. The highest BCUT2D eigenvalue weighted by Gasteiger charge is 2.23. The molecule has 0 aliphatic rings. The van der Waals surface area contributed by atoms with E-state index in [1.165, 1.54) is 0 Å². The van der Waals surface area contributed by atoms with Gasteiger partial charge in [0.25, 0.3) is 10.0 Å². The van der Waals surface area contributed by atoms with E-state index < -0.39 is 26.3 Å². The van der Waals surface area contributed by atoms with Gasteiger partial charge in [0.15, 0.2) is 0 Å². The number of aromatic nitrogens is 2. The Kier molecular flexibility index (Phi) is 9.57. The van der Waals surface area contributed by atoms with Gasteiger partial charge in [0.05, 0.1) is 21.0 Å². The van der Waals surface area contributed by atoms with Gasteiger partial charge in [0, 0.05) is 16.8 Å². The van der Waals surface area contributed by atoms with Gasteiger partial charge >= 0.3 is 0 Å². The highest BCUT2D eigenvalue weighted by atomic mass is 79.9. The summed E-state index contributed by atoms with van der Waals surface area (Å²) in [6.45, 7) is 7.22. The van der Waals surface area contributed by atoms with Crippen LogP contribution >= 0.6 is 15.9 Å². The highest BCUT2D eigenvalue weighted by Crippen LogP contribution is 2.25. The lowest BCUT2D eigenvalue weighted by molar-refractivity contribution is 0.0647. The number of hydrogen-bond acceptors (Lipinski definition) is 7. The summed E-state index contributed by atoms with van der Waals surface area (Å²) in [6.07, 6.45) is 3.40. The molecule has 0 aliphatic heterocycles. The second-order valence-corrected chi connectivity index (χ2v) is 12.7. The van der Waals surface area contributed by atoms with Crippen molar-refractivity contribution in [3.8, 4) is 0 Å². The van der Waals surface area contributed by atoms with Gasteiger partial charge in [-0.15, -0.1) is 3.77 Å². The third kappa shape index (κ3) is 7.83. The smallest absolute Gasteiger partial charge is 0.288 e. The van der Waals surface area contributed by atoms with Crippen LogP contribution in [0.5, 0.6) is 0 Å². The van der Waals surface area contributed by atoms with E-state index in [1.54, 1.807) is 50.6 Å². The fourth-order valence-electron chi connectivity index (χ4n) is 2.72. The second kappa shape index (κ2) is 11.6. The first kappa shape index (κ1) is 28.9. The molecule has 0 amide bonds. The van der Waals surface area contributed by atoms with Crippen LogP contribution in [0.1, 0.15) is 33.8 Å². The molecule has 1 unspecified atom stereocenters. The van der Waals surface area contributed by atoms with Gasteiger partial charge in [-0.05, 0) is 86.3 Å². The van der Waals surface area contributed by atoms with Crippen molar-refractivity contribution < 1.29 is 13.5 Å². The van der Waals surface area contributed by atoms with Gasteiger partial charge in [0.2, 0.25) is 5.95 Å². The Bertz CT molecular complexity index is 1290. The molecule has 8 nitrogen and oxygen atoms in total. The molecule has 0 saturated heterocycles. The average molecular weight is 583 g/mol. The molecule has 3 rings (SSSR count). The summed E-state index contributed by atoms with van der Waals surface area (Å²) in [6, 6.07) is 13.7. The van der Waals surface area contributed by atoms with Crippen LogP contribution in [0.4, 0.5) is 17.5 Å². The molecule has 0 bridgehead atoms. The number of nitrogens with one attached hydrogen (secondary N) is 2. The number of anilines is 3. The van der Waals surface area contributed by atoms with E-state index in [0.29, 0.717) is 16.2 Å². The van der Waals surface area contributed by atoms with Gasteiger partial charge in [-0.2, -0.15) is 13.4 Å². The van der Waals surface area contributed by atoms with E-state index in [9.17, 15) is 13.5 Å². The number of halogens is 1. The van der Waals surface area contributed by atoms with Gasteiger partial charge < -0.3 is 15.7 Å². The minimum absolute atomic E-state index is 0. The lowest BCUT2D eigenvalue weighted by Crippen LogP contribution is -2.39. The minimum Gasteiger partial charge on any atom is -0.388 e. The van der Waals surface area contributed by atoms with Crippen LogP contribution in [-0.4, -0.2) is 41.4 Å². The van der Waals surface area contributed by atoms with E-state index in [2.05, 4.69) is 40.3 Å². The Morgan fingerprint density at radius 3 is 2.29 bits per heavy atom. The van der Waals surface area contributed by atoms with Crippen molar-refractivity contribution in [2.45, 2.75) is 56.6 Å². The van der Waals surface area contributed by atoms with Crippen LogP contribution in [0.3, 0.4) is 0 Å². The van der Waals surface area contributed by atoms with Crippen LogP contribution in [0, 0.1) is 6.92 Å². The predicted octanol–water partition coefficient (Wildman–Crippen LogP) is 5.68. The van der Waals surface area contributed by atoms with Crippen molar-refractivity contribution in [3.63, 3.8) is 0 Å². The third-order valence-electron chi connectivity index (χ3n) is 5.14. The summed E-state index contributed by atoms with van der Waals surface area (Å²) in [5.74, 6) is 0.933. The van der Waals surface area contributed by atoms with Crippen LogP contribution in [0.2, 0.25) is 0 Å². The lowest BCUT2D eigenvalue weighted by atomic mass is 10.0. The van der Waals surface area contributed by atoms with E-state index >= 15 is 0 Å². The second-order valence-electron chi connectivity index (χ2n) is 8.40. The number of sulfonamides is 1. The zero-order valence-corrected chi connectivity index (χ0v) is 22.8. The molecular formula is C24H32BrN5O3S2. The molecule has 0 spiro atoms. The van der Waals surface area contributed by atoms with Gasteiger partial charge in [-0.1, -0.05) is 35.8 Å². The molecule has 11 heteroatoms. The number of nitrogens with zero attached hydrogens (tertiary/aromatic N) is 3. The molecule has 0 radical (unpaired) electrons. The third-order valence-corrected chi connectivity index (χ3v) is 9.22. The van der Waals surface area contributed by atoms with Crippen molar-refractivity contribution in [1.29, 1.82) is 0 Å². The van der Waals surface area contributed by atoms with Gasteiger partial charge in [0.1, 0.15) is 5.82 Å². The molecule has 1 heterocycles. The van der Waals surface area contributed by atoms with Crippen molar-refractivity contribution in [2.75, 3.05) is 16.9 Å². The molecule has 190 valence electrons. The maximum Gasteiger partial charge on any atom is 0.288 e. The molecule has 1 aromatic heterocycles. The molecule has 2 aromatic carbocycles. The Morgan fingerprint density at radius 2 is 1.71 bits per heavy atom. The maximum atomic E-state index is 12.6. The average Bonchev–Trinajstić information content (AvgIpc) is 2.76. The Labute approximate surface area is 218 Å². The number of rotatable bonds is 8. The van der Waals surface area contributed by atoms with Crippen LogP contribution in [0.25, 0.3) is 0 Å². The Hall–Kier alpha value is -2.34. The predicted molar refractivity (Wildman–Crippen MR) is 148 cm³/mol. The summed E-state index contributed by atoms with van der Waals surface area (Å²) in [4.78, 5) is 9.74. The van der Waals surface area contributed by atoms with Crippen LogP contribution in [-0.2, 0) is 20.7 Å². The first-order valence-corrected chi connectivity index (χ1v) is 14.3. The molecular weight excluding hydrogens is 550 g/mol. The van der Waals surface area contributed by atoms with Crippen LogP contribution < -0.4 is 10.6 Å². The molecule has 0 saturated carbocycles. The maximum absolute atomic E-state index is 12.6. The number of hydrogen-bond donors (Lipinski definition) is 3. The fourth-order valence-corrected chi connectivity index (χ4v) is 5.90. The number of aryl methyl sites for hydroxylation is 1. The first-order chi connectivity index (χ1) is 15.8. The Morgan fingerprint density at radius 1 is 1.11 bits per heavy atom. The van der Waals surface area contributed by atoms with Crippen LogP contribution in [0.15, 0.2) is 72.8 Å². The lowest BCUT2D eigenvalue weighted by Gasteiger charge is -2.27. The van der Waals surface area contributed by atoms with E-state index in [1.807, 2.05) is 38.1 Å². The number of aliphatic hydroxyl groups is 1. The zero-order valence-electron chi connectivity index (χ0n) is 19.6. The monoisotopic (exact) mass is 581 g/mol. The van der Waals surface area contributed by atoms with Gasteiger partial charge in [-0.25, -0.2) is 4.98 Å². The SMILES string of the molecule is C.Cc1ccc(S(=O)(=O)/N=S(\C)c2ccc(Nc3ncc(Br)c(N[C@H](C)C(C)(C)O)n3)cc2)cc1. The zero-order chi connectivity index (χ0) is 25.1. The number of benzene rings is 2. The van der Waals surface area contributed by atoms with Crippen molar-refractivity contribution in [2.24, 2.45) is 3.77 Å². The van der Waals surface area contributed by atoms with E-state index in [0.717, 1.165) is 16.1 Å². The Balaban J connectivity index is 0.00000432. The first-order valence-electron chi connectivity index (χ1n) is 10.4. The highest BCUT2D eigenvalue weighted by molar-refractivity contribution is 9.10. The summed E-state index contributed by atoms with van der Waals surface area (Å²) in [5.41, 5.74) is 0.802. The van der Waals surface area contributed by atoms with E-state index in [-0.39, 0.29) is 18.4 Å². The summed E-state index contributed by atoms with van der Waals surface area (Å²) >= 11 is 3.43.